The number of phenols is 1. The number of aromatic hydroxyl groups is 1. The zero-order valence-corrected chi connectivity index (χ0v) is 10.9. The van der Waals surface area contributed by atoms with Crippen LogP contribution >= 0.6 is 0 Å². The molecule has 2 bridgehead atoms. The number of nitrogens with one attached hydrogen (secondary N) is 1. The molecule has 96 valence electrons. The van der Waals surface area contributed by atoms with Crippen LogP contribution in [0, 0.1) is 5.92 Å². The van der Waals surface area contributed by atoms with Gasteiger partial charge in [0, 0.05) is 11.0 Å². The number of phenolic OH excluding ortho intramolecular Hbond substituents is 1. The van der Waals surface area contributed by atoms with Crippen molar-refractivity contribution in [2.45, 2.75) is 38.1 Å². The molecule has 0 saturated carbocycles. The van der Waals surface area contributed by atoms with Crippen LogP contribution in [0.5, 0.6) is 5.75 Å². The van der Waals surface area contributed by atoms with Crippen molar-refractivity contribution in [3.05, 3.63) is 29.3 Å². The van der Waals surface area contributed by atoms with Gasteiger partial charge in [0.2, 0.25) is 0 Å². The van der Waals surface area contributed by atoms with Gasteiger partial charge in [-0.1, -0.05) is 13.8 Å². The number of Topliss-reactive ketones (excluding diaryl/α,β-unsaturated/α-hetero) is 1. The second-order valence-corrected chi connectivity index (χ2v) is 5.57. The Morgan fingerprint density at radius 2 is 2.28 bits per heavy atom. The van der Waals surface area contributed by atoms with E-state index >= 15 is 0 Å². The van der Waals surface area contributed by atoms with Gasteiger partial charge in [-0.25, -0.2) is 0 Å². The van der Waals surface area contributed by atoms with Crippen LogP contribution in [0.25, 0.3) is 0 Å². The van der Waals surface area contributed by atoms with Gasteiger partial charge >= 0.3 is 0 Å². The summed E-state index contributed by atoms with van der Waals surface area (Å²) < 4.78 is 0. The van der Waals surface area contributed by atoms with Gasteiger partial charge in [-0.05, 0) is 49.1 Å². The lowest BCUT2D eigenvalue weighted by atomic mass is 9.57. The number of fused-ring (bicyclic) bond motifs is 4. The van der Waals surface area contributed by atoms with Crippen LogP contribution in [0.1, 0.15) is 42.6 Å². The molecule has 0 unspecified atom stereocenters. The topological polar surface area (TPSA) is 49.3 Å². The molecule has 0 amide bonds. The highest BCUT2D eigenvalue weighted by atomic mass is 16.3. The van der Waals surface area contributed by atoms with Crippen molar-refractivity contribution in [3.8, 4) is 5.75 Å². The molecular formula is C15H19NO2. The number of rotatable bonds is 1. The maximum Gasteiger partial charge on any atom is 0.180 e. The third-order valence-corrected chi connectivity index (χ3v) is 5.03. The van der Waals surface area contributed by atoms with E-state index in [4.69, 9.17) is 0 Å². The summed E-state index contributed by atoms with van der Waals surface area (Å²) in [5, 5.41) is 13.1. The Morgan fingerprint density at radius 3 is 3.00 bits per heavy atom. The molecule has 0 radical (unpaired) electrons. The van der Waals surface area contributed by atoms with Gasteiger partial charge in [0.15, 0.2) is 5.78 Å². The number of carbonyl (C=O) groups is 1. The fourth-order valence-corrected chi connectivity index (χ4v) is 3.89. The van der Waals surface area contributed by atoms with Crippen LogP contribution in [0.2, 0.25) is 0 Å². The highest BCUT2D eigenvalue weighted by Gasteiger charge is 2.51. The first-order chi connectivity index (χ1) is 8.60. The molecule has 0 spiro atoms. The molecule has 3 nitrogen and oxygen atoms in total. The molecule has 2 aliphatic rings. The van der Waals surface area contributed by atoms with Gasteiger partial charge in [-0.15, -0.1) is 0 Å². The zero-order valence-electron chi connectivity index (χ0n) is 10.9. The van der Waals surface area contributed by atoms with Gasteiger partial charge in [0.25, 0.3) is 0 Å². The lowest BCUT2D eigenvalue weighted by molar-refractivity contribution is 0.0733. The Kier molecular flexibility index (Phi) is 2.49. The first kappa shape index (κ1) is 11.7. The molecule has 18 heavy (non-hydrogen) atoms. The summed E-state index contributed by atoms with van der Waals surface area (Å²) in [5.41, 5.74) is 1.89. The summed E-state index contributed by atoms with van der Waals surface area (Å²) in [7, 11) is 0. The van der Waals surface area contributed by atoms with Crippen molar-refractivity contribution in [3.63, 3.8) is 0 Å². The third-order valence-electron chi connectivity index (χ3n) is 5.03. The van der Waals surface area contributed by atoms with Crippen molar-refractivity contribution in [1.82, 2.24) is 5.32 Å². The summed E-state index contributed by atoms with van der Waals surface area (Å²) >= 11 is 0. The van der Waals surface area contributed by atoms with Crippen molar-refractivity contribution in [1.29, 1.82) is 0 Å². The minimum absolute atomic E-state index is 0.0396. The molecule has 1 aromatic rings. The molecule has 1 aromatic carbocycles. The molecule has 2 N–H and O–H groups in total. The summed E-state index contributed by atoms with van der Waals surface area (Å²) in [6.45, 7) is 5.22. The number of hydrogen-bond donors (Lipinski definition) is 2. The molecule has 1 aliphatic carbocycles. The maximum atomic E-state index is 12.5. The van der Waals surface area contributed by atoms with E-state index in [2.05, 4.69) is 19.2 Å². The maximum absolute atomic E-state index is 12.5. The first-order valence-electron chi connectivity index (χ1n) is 6.71. The van der Waals surface area contributed by atoms with Gasteiger partial charge in [-0.3, -0.25) is 4.79 Å². The fraction of sp³-hybridized carbons (Fsp3) is 0.533. The van der Waals surface area contributed by atoms with Crippen LogP contribution in [-0.2, 0) is 5.41 Å². The SMILES string of the molecule is CC[C@]12CCN[C@H](C(=O)c3ccc(O)cc31)[C@@H]2C. The van der Waals surface area contributed by atoms with E-state index in [0.29, 0.717) is 0 Å². The molecule has 3 heteroatoms. The highest BCUT2D eigenvalue weighted by Crippen LogP contribution is 2.49. The lowest BCUT2D eigenvalue weighted by Crippen LogP contribution is -2.60. The molecule has 1 heterocycles. The molecule has 3 rings (SSSR count). The Morgan fingerprint density at radius 1 is 1.50 bits per heavy atom. The Labute approximate surface area is 107 Å². The number of piperidine rings is 1. The van der Waals surface area contributed by atoms with E-state index in [0.717, 1.165) is 30.5 Å². The standard InChI is InChI=1S/C15H19NO2/c1-3-15-6-7-16-13(9(15)2)14(18)11-5-4-10(17)8-12(11)15/h4-5,8-9,13,16-17H,3,6-7H2,1-2H3/t9-,13-,15+/m0/s1. The van der Waals surface area contributed by atoms with E-state index in [-0.39, 0.29) is 28.9 Å². The molecule has 3 atom stereocenters. The van der Waals surface area contributed by atoms with Gasteiger partial charge in [0.1, 0.15) is 5.75 Å². The average Bonchev–Trinajstić information content (AvgIpc) is 2.37. The first-order valence-corrected chi connectivity index (χ1v) is 6.71. The third kappa shape index (κ3) is 1.31. The van der Waals surface area contributed by atoms with E-state index in [1.54, 1.807) is 18.2 Å². The monoisotopic (exact) mass is 245 g/mol. The van der Waals surface area contributed by atoms with Gasteiger partial charge in [-0.2, -0.15) is 0 Å². The fourth-order valence-electron chi connectivity index (χ4n) is 3.89. The smallest absolute Gasteiger partial charge is 0.180 e. The van der Waals surface area contributed by atoms with Crippen LogP contribution in [0.3, 0.4) is 0 Å². The summed E-state index contributed by atoms with van der Waals surface area (Å²) in [6, 6.07) is 5.14. The molecule has 1 saturated heterocycles. The van der Waals surface area contributed by atoms with Crippen molar-refractivity contribution < 1.29 is 9.90 Å². The molecule has 0 aromatic heterocycles. The molecule has 1 aliphatic heterocycles. The quantitative estimate of drug-likeness (QED) is 0.797. The van der Waals surface area contributed by atoms with Crippen molar-refractivity contribution >= 4 is 5.78 Å². The molecular weight excluding hydrogens is 226 g/mol. The minimum Gasteiger partial charge on any atom is -0.508 e. The summed E-state index contributed by atoms with van der Waals surface area (Å²) in [6.07, 6.45) is 2.04. The van der Waals surface area contributed by atoms with Crippen molar-refractivity contribution in [2.75, 3.05) is 6.54 Å². The largest absolute Gasteiger partial charge is 0.508 e. The second kappa shape index (κ2) is 3.82. The Hall–Kier alpha value is -1.35. The van der Waals surface area contributed by atoms with Gasteiger partial charge < -0.3 is 10.4 Å². The predicted molar refractivity (Wildman–Crippen MR) is 70.0 cm³/mol. The lowest BCUT2D eigenvalue weighted by Gasteiger charge is -2.51. The Bertz CT molecular complexity index is 511. The van der Waals surface area contributed by atoms with E-state index in [9.17, 15) is 9.90 Å². The zero-order chi connectivity index (χ0) is 12.9. The number of carbonyl (C=O) groups excluding carboxylic acids is 1. The van der Waals surface area contributed by atoms with Gasteiger partial charge in [0.05, 0.1) is 6.04 Å². The number of benzene rings is 1. The predicted octanol–water partition coefficient (Wildman–Crippen LogP) is 2.23. The van der Waals surface area contributed by atoms with Crippen molar-refractivity contribution in [2.24, 2.45) is 5.92 Å². The normalized spacial score (nSPS) is 34.2. The number of hydrogen-bond acceptors (Lipinski definition) is 3. The minimum atomic E-state index is -0.0595. The van der Waals surface area contributed by atoms with Crippen LogP contribution in [0.4, 0.5) is 0 Å². The van der Waals surface area contributed by atoms with E-state index in [1.807, 2.05) is 0 Å². The average molecular weight is 245 g/mol. The van der Waals surface area contributed by atoms with Crippen LogP contribution < -0.4 is 5.32 Å². The van der Waals surface area contributed by atoms with Crippen LogP contribution in [-0.4, -0.2) is 23.5 Å². The second-order valence-electron chi connectivity index (χ2n) is 5.57. The van der Waals surface area contributed by atoms with Crippen LogP contribution in [0.15, 0.2) is 18.2 Å². The Balaban J connectivity index is 2.27. The summed E-state index contributed by atoms with van der Waals surface area (Å²) in [5.74, 6) is 0.734. The molecule has 1 fully saturated rings. The van der Waals surface area contributed by atoms with E-state index in [1.165, 1.54) is 0 Å². The highest BCUT2D eigenvalue weighted by molar-refractivity contribution is 6.03. The summed E-state index contributed by atoms with van der Waals surface area (Å²) in [4.78, 5) is 12.5. The number of ketones is 1. The van der Waals surface area contributed by atoms with E-state index < -0.39 is 0 Å².